The molecular formula is C13H13BrFN7O. The molecule has 23 heavy (non-hydrogen) atoms. The predicted octanol–water partition coefficient (Wildman–Crippen LogP) is 2.28. The molecule has 0 aliphatic rings. The van der Waals surface area contributed by atoms with E-state index >= 15 is 0 Å². The lowest BCUT2D eigenvalue weighted by Crippen LogP contribution is -2.17. The summed E-state index contributed by atoms with van der Waals surface area (Å²) in [6, 6.07) is 2.94. The lowest BCUT2D eigenvalue weighted by molar-refractivity contribution is 0.102. The number of nitrogens with one attached hydrogen (secondary N) is 3. The van der Waals surface area contributed by atoms with Crippen LogP contribution in [0.2, 0.25) is 0 Å². The molecule has 0 bridgehead atoms. The van der Waals surface area contributed by atoms with Gasteiger partial charge >= 0.3 is 0 Å². The third-order valence-electron chi connectivity index (χ3n) is 3.26. The van der Waals surface area contributed by atoms with Crippen molar-refractivity contribution in [2.75, 3.05) is 17.2 Å². The van der Waals surface area contributed by atoms with E-state index < -0.39 is 11.7 Å². The Bertz CT molecular complexity index is 888. The zero-order valence-electron chi connectivity index (χ0n) is 12.3. The van der Waals surface area contributed by atoms with E-state index in [-0.39, 0.29) is 11.5 Å². The minimum absolute atomic E-state index is 0.0772. The van der Waals surface area contributed by atoms with Crippen LogP contribution in [-0.2, 0) is 7.05 Å². The summed E-state index contributed by atoms with van der Waals surface area (Å²) in [5, 5.41) is 16.8. The van der Waals surface area contributed by atoms with Gasteiger partial charge in [-0.3, -0.25) is 10.1 Å². The summed E-state index contributed by atoms with van der Waals surface area (Å²) in [6.07, 6.45) is 0. The number of aromatic nitrogens is 5. The highest BCUT2D eigenvalue weighted by Gasteiger charge is 2.21. The number of aromatic amines is 1. The second kappa shape index (κ2) is 5.95. The Morgan fingerprint density at radius 3 is 2.91 bits per heavy atom. The van der Waals surface area contributed by atoms with E-state index in [9.17, 15) is 9.18 Å². The number of tetrazole rings is 1. The molecule has 0 saturated carbocycles. The topological polar surface area (TPSA) is 101 Å². The van der Waals surface area contributed by atoms with E-state index in [1.807, 2.05) is 6.92 Å². The van der Waals surface area contributed by atoms with Crippen molar-refractivity contribution in [3.8, 4) is 0 Å². The second-order valence-electron chi connectivity index (χ2n) is 4.80. The first kappa shape index (κ1) is 15.4. The number of hydrogen-bond donors (Lipinski definition) is 3. The van der Waals surface area contributed by atoms with E-state index in [4.69, 9.17) is 0 Å². The van der Waals surface area contributed by atoms with Gasteiger partial charge in [0.1, 0.15) is 11.6 Å². The number of amides is 1. The number of H-pyrrole nitrogens is 1. The highest BCUT2D eigenvalue weighted by atomic mass is 79.9. The molecule has 0 spiro atoms. The van der Waals surface area contributed by atoms with Gasteiger partial charge in [0.25, 0.3) is 5.91 Å². The molecule has 2 heterocycles. The number of hydrogen-bond acceptors (Lipinski definition) is 5. The monoisotopic (exact) mass is 381 g/mol. The van der Waals surface area contributed by atoms with Gasteiger partial charge in [-0.25, -0.2) is 9.07 Å². The number of nitrogens with zero attached hydrogens (tertiary/aromatic N) is 4. The van der Waals surface area contributed by atoms with Crippen molar-refractivity contribution < 1.29 is 9.18 Å². The zero-order chi connectivity index (χ0) is 16.6. The van der Waals surface area contributed by atoms with E-state index in [1.165, 1.54) is 10.7 Å². The van der Waals surface area contributed by atoms with Gasteiger partial charge in [-0.2, -0.15) is 0 Å². The molecule has 3 aromatic rings. The normalized spacial score (nSPS) is 11.0. The maximum absolute atomic E-state index is 14.4. The lowest BCUT2D eigenvalue weighted by Gasteiger charge is -2.07. The van der Waals surface area contributed by atoms with Crippen LogP contribution in [0.5, 0.6) is 0 Å². The third-order valence-corrected chi connectivity index (χ3v) is 3.88. The SMILES string of the molecule is CCNc1cc2c(C(=O)Nc3nnnn3C)c(F)cc(Br)c2[nH]1. The molecule has 0 aliphatic heterocycles. The summed E-state index contributed by atoms with van der Waals surface area (Å²) < 4.78 is 16.2. The van der Waals surface area contributed by atoms with Crippen molar-refractivity contribution in [1.82, 2.24) is 25.2 Å². The largest absolute Gasteiger partial charge is 0.372 e. The van der Waals surface area contributed by atoms with Crippen LogP contribution >= 0.6 is 15.9 Å². The van der Waals surface area contributed by atoms with E-state index in [0.29, 0.717) is 27.7 Å². The molecule has 8 nitrogen and oxygen atoms in total. The average Bonchev–Trinajstić information content (AvgIpc) is 3.07. The van der Waals surface area contributed by atoms with Crippen LogP contribution in [-0.4, -0.2) is 37.6 Å². The van der Waals surface area contributed by atoms with Crippen molar-refractivity contribution in [2.24, 2.45) is 7.05 Å². The van der Waals surface area contributed by atoms with Crippen molar-refractivity contribution >= 4 is 44.5 Å². The molecule has 0 unspecified atom stereocenters. The Morgan fingerprint density at radius 1 is 1.48 bits per heavy atom. The van der Waals surface area contributed by atoms with Gasteiger partial charge in [0, 0.05) is 23.5 Å². The highest BCUT2D eigenvalue weighted by molar-refractivity contribution is 9.10. The molecule has 0 fully saturated rings. The quantitative estimate of drug-likeness (QED) is 0.643. The number of halogens is 2. The van der Waals surface area contributed by atoms with E-state index in [0.717, 1.165) is 0 Å². The summed E-state index contributed by atoms with van der Waals surface area (Å²) in [7, 11) is 1.57. The number of carbonyl (C=O) groups excluding carboxylic acids is 1. The van der Waals surface area contributed by atoms with E-state index in [2.05, 4.69) is 47.1 Å². The zero-order valence-corrected chi connectivity index (χ0v) is 13.9. The fraction of sp³-hybridized carbons (Fsp3) is 0.231. The summed E-state index contributed by atoms with van der Waals surface area (Å²) >= 11 is 3.30. The van der Waals surface area contributed by atoms with Crippen LogP contribution in [0.1, 0.15) is 17.3 Å². The van der Waals surface area contributed by atoms with Crippen LogP contribution in [0.25, 0.3) is 10.9 Å². The lowest BCUT2D eigenvalue weighted by atomic mass is 10.1. The molecule has 1 amide bonds. The maximum atomic E-state index is 14.4. The number of anilines is 2. The smallest absolute Gasteiger partial charge is 0.261 e. The molecule has 3 N–H and O–H groups in total. The Hall–Kier alpha value is -2.49. The first-order chi connectivity index (χ1) is 11.0. The van der Waals surface area contributed by atoms with Gasteiger partial charge in [-0.05, 0) is 45.4 Å². The molecule has 2 aromatic heterocycles. The van der Waals surface area contributed by atoms with Crippen molar-refractivity contribution in [3.63, 3.8) is 0 Å². The maximum Gasteiger partial charge on any atom is 0.261 e. The van der Waals surface area contributed by atoms with Crippen molar-refractivity contribution in [3.05, 3.63) is 28.0 Å². The average molecular weight is 382 g/mol. The Balaban J connectivity index is 2.08. The molecule has 0 atom stereocenters. The molecule has 120 valence electrons. The van der Waals surface area contributed by atoms with Crippen LogP contribution in [0.3, 0.4) is 0 Å². The van der Waals surface area contributed by atoms with Crippen LogP contribution in [0.4, 0.5) is 16.2 Å². The number of fused-ring (bicyclic) bond motifs is 1. The predicted molar refractivity (Wildman–Crippen MR) is 86.9 cm³/mol. The highest BCUT2D eigenvalue weighted by Crippen LogP contribution is 2.31. The van der Waals surface area contributed by atoms with Crippen molar-refractivity contribution in [2.45, 2.75) is 6.92 Å². The molecule has 0 radical (unpaired) electrons. The van der Waals surface area contributed by atoms with Gasteiger partial charge in [-0.15, -0.1) is 0 Å². The summed E-state index contributed by atoms with van der Waals surface area (Å²) in [4.78, 5) is 15.6. The molecule has 10 heteroatoms. The van der Waals surface area contributed by atoms with Gasteiger partial charge < -0.3 is 10.3 Å². The fourth-order valence-corrected chi connectivity index (χ4v) is 2.75. The van der Waals surface area contributed by atoms with Crippen LogP contribution < -0.4 is 10.6 Å². The van der Waals surface area contributed by atoms with Crippen LogP contribution in [0, 0.1) is 5.82 Å². The van der Waals surface area contributed by atoms with E-state index in [1.54, 1.807) is 13.1 Å². The third kappa shape index (κ3) is 2.77. The van der Waals surface area contributed by atoms with Gasteiger partial charge in [0.15, 0.2) is 0 Å². The minimum Gasteiger partial charge on any atom is -0.372 e. The Labute approximate surface area is 138 Å². The molecule has 3 rings (SSSR count). The first-order valence-corrected chi connectivity index (χ1v) is 7.58. The molecular weight excluding hydrogens is 369 g/mol. The van der Waals surface area contributed by atoms with Crippen molar-refractivity contribution in [1.29, 1.82) is 0 Å². The number of rotatable bonds is 4. The molecule has 0 aliphatic carbocycles. The van der Waals surface area contributed by atoms with Gasteiger partial charge in [0.2, 0.25) is 5.95 Å². The fourth-order valence-electron chi connectivity index (χ4n) is 2.24. The summed E-state index contributed by atoms with van der Waals surface area (Å²) in [5.41, 5.74) is 0.551. The first-order valence-electron chi connectivity index (χ1n) is 6.79. The summed E-state index contributed by atoms with van der Waals surface area (Å²) in [5.74, 6) is -0.435. The minimum atomic E-state index is -0.640. The molecule has 0 saturated heterocycles. The summed E-state index contributed by atoms with van der Waals surface area (Å²) in [6.45, 7) is 2.63. The molecule has 1 aromatic carbocycles. The van der Waals surface area contributed by atoms with Gasteiger partial charge in [0.05, 0.1) is 11.1 Å². The van der Waals surface area contributed by atoms with Crippen LogP contribution in [0.15, 0.2) is 16.6 Å². The Kier molecular flexibility index (Phi) is 3.99. The number of carbonyl (C=O) groups is 1. The number of aryl methyl sites for hydroxylation is 1. The second-order valence-corrected chi connectivity index (χ2v) is 5.65. The number of benzene rings is 1. The standard InChI is InChI=1S/C13H13BrFN7O/c1-3-16-9-4-6-10(8(15)5-7(14)11(6)17-9)12(23)18-13-19-20-21-22(13)2/h4-5,16-17H,3H2,1-2H3,(H,18,19,21,23). The Morgan fingerprint density at radius 2 is 2.26 bits per heavy atom. The van der Waals surface area contributed by atoms with Gasteiger partial charge in [-0.1, -0.05) is 5.10 Å².